The molecule has 8 heteroatoms. The number of aliphatic imine (C=N–C) groups is 1. The van der Waals surface area contributed by atoms with Crippen molar-refractivity contribution >= 4 is 35.8 Å². The summed E-state index contributed by atoms with van der Waals surface area (Å²) in [5.74, 6) is 2.42. The smallest absolute Gasteiger partial charge is 0.222 e. The Labute approximate surface area is 191 Å². The Bertz CT molecular complexity index is 697. The Balaban J connectivity index is 0.00000420. The molecule has 0 radical (unpaired) electrons. The highest BCUT2D eigenvalue weighted by Gasteiger charge is 2.22. The molecule has 1 unspecified atom stereocenters. The monoisotopic (exact) mass is 518 g/mol. The summed E-state index contributed by atoms with van der Waals surface area (Å²) in [6.45, 7) is 6.34. The maximum atomic E-state index is 12.6. The van der Waals surface area contributed by atoms with Crippen LogP contribution in [0.3, 0.4) is 0 Å². The standard InChI is InChI=1S/C21H34N4O3.HI/c1-6-15(2)24-21(22-3)23-10-7-8-20(26)25-11-9-16-12-18(27-4)19(28-5)13-17(16)14-25;/h12-13,15H,6-11,14H2,1-5H3,(H2,22,23,24);1H. The summed E-state index contributed by atoms with van der Waals surface area (Å²) in [5.41, 5.74) is 2.36. The summed E-state index contributed by atoms with van der Waals surface area (Å²) in [6, 6.07) is 4.38. The van der Waals surface area contributed by atoms with E-state index in [4.69, 9.17) is 9.47 Å². The highest BCUT2D eigenvalue weighted by atomic mass is 127. The molecule has 29 heavy (non-hydrogen) atoms. The molecule has 164 valence electrons. The average molecular weight is 518 g/mol. The number of methoxy groups -OCH3 is 2. The minimum atomic E-state index is 0. The average Bonchev–Trinajstić information content (AvgIpc) is 2.73. The molecule has 0 saturated heterocycles. The molecule has 1 amide bonds. The number of carbonyl (C=O) groups excluding carboxylic acids is 1. The van der Waals surface area contributed by atoms with Gasteiger partial charge in [-0.05, 0) is 49.4 Å². The lowest BCUT2D eigenvalue weighted by atomic mass is 9.98. The van der Waals surface area contributed by atoms with E-state index in [9.17, 15) is 4.79 Å². The fourth-order valence-corrected chi connectivity index (χ4v) is 3.23. The fourth-order valence-electron chi connectivity index (χ4n) is 3.23. The van der Waals surface area contributed by atoms with Crippen LogP contribution in [-0.4, -0.2) is 57.2 Å². The van der Waals surface area contributed by atoms with Gasteiger partial charge in [0.2, 0.25) is 5.91 Å². The second-order valence-corrected chi connectivity index (χ2v) is 7.10. The molecule has 0 saturated carbocycles. The molecule has 1 aromatic rings. The maximum Gasteiger partial charge on any atom is 0.222 e. The van der Waals surface area contributed by atoms with Crippen LogP contribution in [0.5, 0.6) is 11.5 Å². The molecule has 0 fully saturated rings. The van der Waals surface area contributed by atoms with Gasteiger partial charge >= 0.3 is 0 Å². The number of carbonyl (C=O) groups is 1. The van der Waals surface area contributed by atoms with Crippen molar-refractivity contribution in [3.63, 3.8) is 0 Å². The lowest BCUT2D eigenvalue weighted by Crippen LogP contribution is -2.42. The van der Waals surface area contributed by atoms with E-state index in [1.807, 2.05) is 17.0 Å². The molecule has 2 N–H and O–H groups in total. The number of rotatable bonds is 8. The van der Waals surface area contributed by atoms with Crippen LogP contribution in [0.4, 0.5) is 0 Å². The first-order valence-corrected chi connectivity index (χ1v) is 10.0. The lowest BCUT2D eigenvalue weighted by Gasteiger charge is -2.29. The number of amides is 1. The van der Waals surface area contributed by atoms with Crippen molar-refractivity contribution in [3.05, 3.63) is 23.3 Å². The van der Waals surface area contributed by atoms with Crippen molar-refractivity contribution in [2.45, 2.75) is 52.1 Å². The van der Waals surface area contributed by atoms with Gasteiger partial charge < -0.3 is 25.0 Å². The zero-order chi connectivity index (χ0) is 20.5. The number of fused-ring (bicyclic) bond motifs is 1. The number of nitrogens with one attached hydrogen (secondary N) is 2. The molecule has 1 aromatic carbocycles. The third-order valence-corrected chi connectivity index (χ3v) is 5.15. The van der Waals surface area contributed by atoms with E-state index in [2.05, 4.69) is 29.5 Å². The van der Waals surface area contributed by atoms with Crippen molar-refractivity contribution in [1.82, 2.24) is 15.5 Å². The highest BCUT2D eigenvalue weighted by Crippen LogP contribution is 2.33. The Kier molecular flexibility index (Phi) is 11.2. The topological polar surface area (TPSA) is 75.2 Å². The molecule has 1 atom stereocenters. The van der Waals surface area contributed by atoms with Crippen molar-refractivity contribution in [1.29, 1.82) is 0 Å². The third kappa shape index (κ3) is 7.24. The number of guanidine groups is 1. The van der Waals surface area contributed by atoms with Gasteiger partial charge in [0.15, 0.2) is 17.5 Å². The molecule has 1 aliphatic rings. The van der Waals surface area contributed by atoms with Crippen molar-refractivity contribution in [2.24, 2.45) is 4.99 Å². The first kappa shape index (κ1) is 25.3. The summed E-state index contributed by atoms with van der Waals surface area (Å²) < 4.78 is 10.8. The Morgan fingerprint density at radius 2 is 1.90 bits per heavy atom. The van der Waals surface area contributed by atoms with Crippen LogP contribution >= 0.6 is 24.0 Å². The quantitative estimate of drug-likeness (QED) is 0.240. The Morgan fingerprint density at radius 1 is 1.24 bits per heavy atom. The predicted octanol–water partition coefficient (Wildman–Crippen LogP) is 2.95. The summed E-state index contributed by atoms with van der Waals surface area (Å²) >= 11 is 0. The molecular weight excluding hydrogens is 483 g/mol. The van der Waals surface area contributed by atoms with E-state index in [-0.39, 0.29) is 29.9 Å². The van der Waals surface area contributed by atoms with Gasteiger partial charge in [0.05, 0.1) is 14.2 Å². The van der Waals surface area contributed by atoms with Gasteiger partial charge in [0.1, 0.15) is 0 Å². The van der Waals surface area contributed by atoms with Crippen LogP contribution in [0.2, 0.25) is 0 Å². The molecule has 0 spiro atoms. The predicted molar refractivity (Wildman–Crippen MR) is 128 cm³/mol. The van der Waals surface area contributed by atoms with Gasteiger partial charge in [0, 0.05) is 39.1 Å². The first-order chi connectivity index (χ1) is 13.5. The van der Waals surface area contributed by atoms with E-state index in [1.54, 1.807) is 21.3 Å². The number of hydrogen-bond donors (Lipinski definition) is 2. The number of nitrogens with zero attached hydrogens (tertiary/aromatic N) is 2. The second-order valence-electron chi connectivity index (χ2n) is 7.10. The molecule has 1 heterocycles. The number of ether oxygens (including phenoxy) is 2. The van der Waals surface area contributed by atoms with E-state index in [1.165, 1.54) is 5.56 Å². The molecule has 1 aliphatic heterocycles. The van der Waals surface area contributed by atoms with Crippen LogP contribution in [0.1, 0.15) is 44.2 Å². The van der Waals surface area contributed by atoms with E-state index in [0.717, 1.165) is 49.6 Å². The Hall–Kier alpha value is -1.71. The van der Waals surface area contributed by atoms with Gasteiger partial charge in [-0.25, -0.2) is 0 Å². The van der Waals surface area contributed by atoms with Gasteiger partial charge in [0.25, 0.3) is 0 Å². The summed E-state index contributed by atoms with van der Waals surface area (Å²) in [6.07, 6.45) is 3.17. The molecule has 0 bridgehead atoms. The minimum absolute atomic E-state index is 0. The van der Waals surface area contributed by atoms with Crippen LogP contribution < -0.4 is 20.1 Å². The molecule has 0 aromatic heterocycles. The highest BCUT2D eigenvalue weighted by molar-refractivity contribution is 14.0. The van der Waals surface area contributed by atoms with E-state index >= 15 is 0 Å². The minimum Gasteiger partial charge on any atom is -0.493 e. The van der Waals surface area contributed by atoms with Crippen molar-refractivity contribution < 1.29 is 14.3 Å². The van der Waals surface area contributed by atoms with Gasteiger partial charge in [-0.3, -0.25) is 9.79 Å². The van der Waals surface area contributed by atoms with Crippen LogP contribution in [0, 0.1) is 0 Å². The lowest BCUT2D eigenvalue weighted by molar-refractivity contribution is -0.132. The molecule has 7 nitrogen and oxygen atoms in total. The zero-order valence-electron chi connectivity index (χ0n) is 18.2. The van der Waals surface area contributed by atoms with Gasteiger partial charge in [-0.15, -0.1) is 24.0 Å². The maximum absolute atomic E-state index is 12.6. The van der Waals surface area contributed by atoms with Crippen molar-refractivity contribution in [2.75, 3.05) is 34.4 Å². The summed E-state index contributed by atoms with van der Waals surface area (Å²) in [5, 5.41) is 6.59. The fraction of sp³-hybridized carbons (Fsp3) is 0.619. The zero-order valence-corrected chi connectivity index (χ0v) is 20.5. The number of halogens is 1. The van der Waals surface area contributed by atoms with Crippen LogP contribution in [0.25, 0.3) is 0 Å². The SMILES string of the molecule is CCC(C)NC(=NC)NCCCC(=O)N1CCc2cc(OC)c(OC)cc2C1.I. The molecule has 2 rings (SSSR count). The van der Waals surface area contributed by atoms with Gasteiger partial charge in [-0.1, -0.05) is 6.92 Å². The molecular formula is C21H35IN4O3. The largest absolute Gasteiger partial charge is 0.493 e. The Morgan fingerprint density at radius 3 is 2.48 bits per heavy atom. The molecule has 0 aliphatic carbocycles. The van der Waals surface area contributed by atoms with Crippen LogP contribution in [0.15, 0.2) is 17.1 Å². The number of hydrogen-bond acceptors (Lipinski definition) is 4. The first-order valence-electron chi connectivity index (χ1n) is 10.0. The van der Waals surface area contributed by atoms with Crippen molar-refractivity contribution in [3.8, 4) is 11.5 Å². The third-order valence-electron chi connectivity index (χ3n) is 5.15. The van der Waals surface area contributed by atoms with Crippen LogP contribution in [-0.2, 0) is 17.8 Å². The van der Waals surface area contributed by atoms with Gasteiger partial charge in [-0.2, -0.15) is 0 Å². The summed E-state index contributed by atoms with van der Waals surface area (Å²) in [4.78, 5) is 18.8. The van der Waals surface area contributed by atoms with E-state index in [0.29, 0.717) is 24.8 Å². The second kappa shape index (κ2) is 12.8. The normalized spacial score (nSPS) is 14.4. The number of benzene rings is 1. The van der Waals surface area contributed by atoms with E-state index < -0.39 is 0 Å². The summed E-state index contributed by atoms with van der Waals surface area (Å²) in [7, 11) is 5.04.